The molecule has 2 fully saturated rings. The number of urea groups is 1. The Bertz CT molecular complexity index is 636. The van der Waals surface area contributed by atoms with Crippen LogP contribution >= 0.6 is 0 Å². The van der Waals surface area contributed by atoms with Gasteiger partial charge in [0.05, 0.1) is 0 Å². The Morgan fingerprint density at radius 2 is 2.08 bits per heavy atom. The van der Waals surface area contributed by atoms with E-state index in [2.05, 4.69) is 26.1 Å². The van der Waals surface area contributed by atoms with E-state index >= 15 is 0 Å². The van der Waals surface area contributed by atoms with Gasteiger partial charge in [-0.05, 0) is 42.9 Å². The van der Waals surface area contributed by atoms with Crippen LogP contribution in [0.25, 0.3) is 0 Å². The smallest absolute Gasteiger partial charge is 0.321 e. The standard InChI is InChI=1S/C19H27N3O2/c1-19(2,3)13-16-8-5-10-21(16)17(23)14-6-4-7-15(12-14)22-11-9-20-18(22)24/h4,6-7,12,16H,5,8-11,13H2,1-3H3,(H,20,24)/t16-/m0/s1. The normalized spacial score (nSPS) is 21.3. The fourth-order valence-corrected chi connectivity index (χ4v) is 3.71. The first-order valence-electron chi connectivity index (χ1n) is 8.81. The first-order valence-corrected chi connectivity index (χ1v) is 8.81. The predicted octanol–water partition coefficient (Wildman–Crippen LogP) is 3.26. The van der Waals surface area contributed by atoms with Gasteiger partial charge in [-0.1, -0.05) is 26.8 Å². The molecule has 5 nitrogen and oxygen atoms in total. The molecule has 0 spiro atoms. The number of hydrogen-bond acceptors (Lipinski definition) is 2. The number of anilines is 1. The van der Waals surface area contributed by atoms with Crippen molar-refractivity contribution in [1.82, 2.24) is 10.2 Å². The van der Waals surface area contributed by atoms with Crippen molar-refractivity contribution in [2.24, 2.45) is 5.41 Å². The zero-order chi connectivity index (χ0) is 17.3. The molecule has 24 heavy (non-hydrogen) atoms. The Morgan fingerprint density at radius 1 is 1.29 bits per heavy atom. The van der Waals surface area contributed by atoms with Crippen molar-refractivity contribution < 1.29 is 9.59 Å². The topological polar surface area (TPSA) is 52.7 Å². The van der Waals surface area contributed by atoms with Gasteiger partial charge < -0.3 is 10.2 Å². The molecule has 2 heterocycles. The molecule has 3 rings (SSSR count). The average molecular weight is 329 g/mol. The molecule has 2 aliphatic heterocycles. The summed E-state index contributed by atoms with van der Waals surface area (Å²) in [4.78, 5) is 28.5. The quantitative estimate of drug-likeness (QED) is 0.925. The second kappa shape index (κ2) is 6.46. The lowest BCUT2D eigenvalue weighted by Gasteiger charge is -2.30. The van der Waals surface area contributed by atoms with Gasteiger partial charge in [-0.2, -0.15) is 0 Å². The number of nitrogens with one attached hydrogen (secondary N) is 1. The second-order valence-corrected chi connectivity index (χ2v) is 7.99. The van der Waals surface area contributed by atoms with Gasteiger partial charge in [0.2, 0.25) is 0 Å². The van der Waals surface area contributed by atoms with Crippen LogP contribution in [0.3, 0.4) is 0 Å². The molecule has 0 unspecified atom stereocenters. The largest absolute Gasteiger partial charge is 0.336 e. The highest BCUT2D eigenvalue weighted by molar-refractivity contribution is 5.98. The number of carbonyl (C=O) groups is 2. The number of rotatable bonds is 3. The van der Waals surface area contributed by atoms with Gasteiger partial charge in [-0.3, -0.25) is 9.69 Å². The van der Waals surface area contributed by atoms with Crippen molar-refractivity contribution in [3.63, 3.8) is 0 Å². The van der Waals surface area contributed by atoms with E-state index < -0.39 is 0 Å². The first-order chi connectivity index (χ1) is 11.3. The summed E-state index contributed by atoms with van der Waals surface area (Å²) in [6.07, 6.45) is 3.17. The molecular formula is C19H27N3O2. The third kappa shape index (κ3) is 3.55. The summed E-state index contributed by atoms with van der Waals surface area (Å²) in [5.41, 5.74) is 1.68. The van der Waals surface area contributed by atoms with Gasteiger partial charge in [0.1, 0.15) is 0 Å². The summed E-state index contributed by atoms with van der Waals surface area (Å²) in [5, 5.41) is 2.80. The van der Waals surface area contributed by atoms with Gasteiger partial charge in [-0.15, -0.1) is 0 Å². The van der Waals surface area contributed by atoms with E-state index in [4.69, 9.17) is 0 Å². The van der Waals surface area contributed by atoms with Crippen molar-refractivity contribution in [3.8, 4) is 0 Å². The summed E-state index contributed by atoms with van der Waals surface area (Å²) >= 11 is 0. The van der Waals surface area contributed by atoms with E-state index in [0.29, 0.717) is 24.7 Å². The minimum absolute atomic E-state index is 0.0863. The van der Waals surface area contributed by atoms with Gasteiger partial charge in [0, 0.05) is 36.9 Å². The van der Waals surface area contributed by atoms with Crippen molar-refractivity contribution in [2.75, 3.05) is 24.5 Å². The monoisotopic (exact) mass is 329 g/mol. The zero-order valence-corrected chi connectivity index (χ0v) is 14.8. The lowest BCUT2D eigenvalue weighted by Crippen LogP contribution is -2.37. The maximum Gasteiger partial charge on any atom is 0.321 e. The third-order valence-electron chi connectivity index (χ3n) is 4.75. The lowest BCUT2D eigenvalue weighted by atomic mass is 9.87. The zero-order valence-electron chi connectivity index (χ0n) is 14.8. The number of likely N-dealkylation sites (tertiary alicyclic amines) is 1. The summed E-state index contributed by atoms with van der Waals surface area (Å²) in [7, 11) is 0. The third-order valence-corrected chi connectivity index (χ3v) is 4.75. The van der Waals surface area contributed by atoms with Crippen LogP contribution in [0.15, 0.2) is 24.3 Å². The maximum atomic E-state index is 13.0. The molecule has 1 aromatic rings. The van der Waals surface area contributed by atoms with Crippen LogP contribution in [0.5, 0.6) is 0 Å². The molecule has 0 aliphatic carbocycles. The van der Waals surface area contributed by atoms with E-state index in [0.717, 1.165) is 31.5 Å². The number of carbonyl (C=O) groups excluding carboxylic acids is 2. The molecule has 0 radical (unpaired) electrons. The van der Waals surface area contributed by atoms with Crippen LogP contribution in [0.2, 0.25) is 0 Å². The number of nitrogens with zero attached hydrogens (tertiary/aromatic N) is 2. The Kier molecular flexibility index (Phi) is 4.52. The number of benzene rings is 1. The Balaban J connectivity index is 1.78. The molecule has 2 saturated heterocycles. The van der Waals surface area contributed by atoms with Crippen LogP contribution in [0.4, 0.5) is 10.5 Å². The van der Waals surface area contributed by atoms with Crippen molar-refractivity contribution in [3.05, 3.63) is 29.8 Å². The van der Waals surface area contributed by atoms with E-state index in [9.17, 15) is 9.59 Å². The molecule has 0 bridgehead atoms. The van der Waals surface area contributed by atoms with Gasteiger partial charge >= 0.3 is 6.03 Å². The molecule has 1 atom stereocenters. The van der Waals surface area contributed by atoms with E-state index in [1.165, 1.54) is 0 Å². The number of amides is 3. The maximum absolute atomic E-state index is 13.0. The van der Waals surface area contributed by atoms with Crippen LogP contribution < -0.4 is 10.2 Å². The minimum Gasteiger partial charge on any atom is -0.336 e. The minimum atomic E-state index is -0.0913. The van der Waals surface area contributed by atoms with Crippen LogP contribution in [-0.2, 0) is 0 Å². The summed E-state index contributed by atoms with van der Waals surface area (Å²) in [5.74, 6) is 0.0863. The predicted molar refractivity (Wildman–Crippen MR) is 95.3 cm³/mol. The fraction of sp³-hybridized carbons (Fsp3) is 0.579. The highest BCUT2D eigenvalue weighted by atomic mass is 16.2. The molecule has 2 aliphatic rings. The fourth-order valence-electron chi connectivity index (χ4n) is 3.71. The van der Waals surface area contributed by atoms with Gasteiger partial charge in [0.15, 0.2) is 0 Å². The number of hydrogen-bond donors (Lipinski definition) is 1. The second-order valence-electron chi connectivity index (χ2n) is 7.99. The molecule has 1 N–H and O–H groups in total. The molecule has 1 aromatic carbocycles. The van der Waals surface area contributed by atoms with Crippen molar-refractivity contribution >= 4 is 17.6 Å². The highest BCUT2D eigenvalue weighted by Gasteiger charge is 2.32. The van der Waals surface area contributed by atoms with Crippen LogP contribution in [-0.4, -0.2) is 42.5 Å². The first kappa shape index (κ1) is 16.8. The summed E-state index contributed by atoms with van der Waals surface area (Å²) in [6, 6.07) is 7.68. The summed E-state index contributed by atoms with van der Waals surface area (Å²) < 4.78 is 0. The van der Waals surface area contributed by atoms with Crippen molar-refractivity contribution in [2.45, 2.75) is 46.1 Å². The van der Waals surface area contributed by atoms with Crippen LogP contribution in [0, 0.1) is 5.41 Å². The van der Waals surface area contributed by atoms with Crippen molar-refractivity contribution in [1.29, 1.82) is 0 Å². The average Bonchev–Trinajstić information content (AvgIpc) is 3.14. The molecule has 3 amide bonds. The molecule has 0 saturated carbocycles. The van der Waals surface area contributed by atoms with E-state index in [-0.39, 0.29) is 17.4 Å². The Morgan fingerprint density at radius 3 is 2.75 bits per heavy atom. The van der Waals surface area contributed by atoms with E-state index in [1.54, 1.807) is 4.90 Å². The summed E-state index contributed by atoms with van der Waals surface area (Å²) in [6.45, 7) is 8.79. The van der Waals surface area contributed by atoms with Gasteiger partial charge in [0.25, 0.3) is 5.91 Å². The van der Waals surface area contributed by atoms with Gasteiger partial charge in [-0.25, -0.2) is 4.79 Å². The molecule has 0 aromatic heterocycles. The molecule has 5 heteroatoms. The van der Waals surface area contributed by atoms with Crippen LogP contribution in [0.1, 0.15) is 50.4 Å². The lowest BCUT2D eigenvalue weighted by molar-refractivity contribution is 0.0704. The molecule has 130 valence electrons. The molecular weight excluding hydrogens is 302 g/mol. The highest BCUT2D eigenvalue weighted by Crippen LogP contribution is 2.31. The Hall–Kier alpha value is -2.04. The Labute approximate surface area is 144 Å². The SMILES string of the molecule is CC(C)(C)C[C@@H]1CCCN1C(=O)c1cccc(N2CCNC2=O)c1. The van der Waals surface area contributed by atoms with E-state index in [1.807, 2.05) is 29.2 Å².